The Balaban J connectivity index is 2.34. The number of benzene rings is 2. The van der Waals surface area contributed by atoms with Gasteiger partial charge in [0.15, 0.2) is 0 Å². The minimum atomic E-state index is -0.641. The number of thiocarbonyl (C=S) groups is 1. The third-order valence-corrected chi connectivity index (χ3v) is 3.18. The fourth-order valence-electron chi connectivity index (χ4n) is 1.71. The Bertz CT molecular complexity index is 737. The Morgan fingerprint density at radius 2 is 1.90 bits per heavy atom. The predicted octanol–water partition coefficient (Wildman–Crippen LogP) is 3.50. The van der Waals surface area contributed by atoms with Gasteiger partial charge in [-0.3, -0.25) is 4.79 Å². The lowest BCUT2D eigenvalue weighted by Gasteiger charge is -2.11. The van der Waals surface area contributed by atoms with Gasteiger partial charge in [0.25, 0.3) is 5.91 Å². The number of nitrogens with two attached hydrogens (primary N) is 1. The Morgan fingerprint density at radius 1 is 1.19 bits per heavy atom. The molecule has 108 valence electrons. The van der Waals surface area contributed by atoms with Crippen LogP contribution >= 0.6 is 23.8 Å². The Morgan fingerprint density at radius 3 is 2.52 bits per heavy atom. The molecule has 0 saturated carbocycles. The van der Waals surface area contributed by atoms with Gasteiger partial charge >= 0.3 is 0 Å². The van der Waals surface area contributed by atoms with Crippen molar-refractivity contribution in [3.8, 4) is 0 Å². The fraction of sp³-hybridized carbons (Fsp3) is 0. The van der Waals surface area contributed by atoms with E-state index in [4.69, 9.17) is 29.6 Å². The number of hydrogen-bond donors (Lipinski definition) is 2. The monoisotopic (exact) mass is 326 g/mol. The first-order chi connectivity index (χ1) is 9.90. The summed E-state index contributed by atoms with van der Waals surface area (Å²) in [6, 6.07) is 7.55. The highest BCUT2D eigenvalue weighted by atomic mass is 35.5. The molecule has 7 heteroatoms. The molecule has 0 saturated heterocycles. The quantitative estimate of drug-likeness (QED) is 0.849. The van der Waals surface area contributed by atoms with Crippen molar-refractivity contribution >= 4 is 40.4 Å². The van der Waals surface area contributed by atoms with E-state index in [9.17, 15) is 13.6 Å². The van der Waals surface area contributed by atoms with Crippen molar-refractivity contribution in [3.05, 3.63) is 64.2 Å². The van der Waals surface area contributed by atoms with Crippen LogP contribution in [0.2, 0.25) is 5.02 Å². The molecule has 0 spiro atoms. The first-order valence-electron chi connectivity index (χ1n) is 5.75. The van der Waals surface area contributed by atoms with Crippen molar-refractivity contribution in [1.82, 2.24) is 0 Å². The standard InChI is InChI=1S/C14H9ClF2N2OS/c15-8-6-7(4-5-9(8)16)14(20)19-11-3-1-2-10(17)12(11)13(18)21/h1-6H,(H2,18,21)(H,19,20). The number of carbonyl (C=O) groups excluding carboxylic acids is 1. The van der Waals surface area contributed by atoms with E-state index in [0.29, 0.717) is 0 Å². The Kier molecular flexibility index (Phi) is 4.50. The average molecular weight is 327 g/mol. The maximum atomic E-state index is 13.7. The first-order valence-corrected chi connectivity index (χ1v) is 6.53. The van der Waals surface area contributed by atoms with E-state index >= 15 is 0 Å². The van der Waals surface area contributed by atoms with Crippen LogP contribution in [0.3, 0.4) is 0 Å². The third-order valence-electron chi connectivity index (χ3n) is 2.69. The summed E-state index contributed by atoms with van der Waals surface area (Å²) in [6.07, 6.45) is 0. The molecule has 2 aromatic carbocycles. The lowest BCUT2D eigenvalue weighted by Crippen LogP contribution is -2.19. The number of nitrogens with one attached hydrogen (secondary N) is 1. The maximum absolute atomic E-state index is 13.7. The van der Waals surface area contributed by atoms with E-state index < -0.39 is 17.5 Å². The highest BCUT2D eigenvalue weighted by Gasteiger charge is 2.15. The summed E-state index contributed by atoms with van der Waals surface area (Å²) >= 11 is 10.4. The van der Waals surface area contributed by atoms with Crippen molar-refractivity contribution in [3.63, 3.8) is 0 Å². The second-order valence-electron chi connectivity index (χ2n) is 4.11. The van der Waals surface area contributed by atoms with Crippen LogP contribution in [-0.4, -0.2) is 10.9 Å². The number of halogens is 3. The van der Waals surface area contributed by atoms with E-state index in [1.54, 1.807) is 0 Å². The fourth-order valence-corrected chi connectivity index (χ4v) is 2.10. The van der Waals surface area contributed by atoms with Crippen molar-refractivity contribution in [1.29, 1.82) is 0 Å². The van der Waals surface area contributed by atoms with Crippen LogP contribution in [0.1, 0.15) is 15.9 Å². The molecule has 2 rings (SSSR count). The van der Waals surface area contributed by atoms with Crippen LogP contribution in [0.5, 0.6) is 0 Å². The van der Waals surface area contributed by atoms with Crippen molar-refractivity contribution < 1.29 is 13.6 Å². The molecule has 0 aliphatic carbocycles. The predicted molar refractivity (Wildman–Crippen MR) is 81.7 cm³/mol. The number of hydrogen-bond acceptors (Lipinski definition) is 2. The van der Waals surface area contributed by atoms with Crippen molar-refractivity contribution in [2.24, 2.45) is 5.73 Å². The van der Waals surface area contributed by atoms with E-state index in [1.807, 2.05) is 0 Å². The molecule has 2 aromatic rings. The molecule has 0 atom stereocenters. The summed E-state index contributed by atoms with van der Waals surface area (Å²) in [7, 11) is 0. The highest BCUT2D eigenvalue weighted by Crippen LogP contribution is 2.21. The maximum Gasteiger partial charge on any atom is 0.255 e. The average Bonchev–Trinajstić information content (AvgIpc) is 2.41. The van der Waals surface area contributed by atoms with Gasteiger partial charge in [0, 0.05) is 5.56 Å². The van der Waals surface area contributed by atoms with Crippen LogP contribution in [0, 0.1) is 11.6 Å². The molecule has 1 amide bonds. The van der Waals surface area contributed by atoms with Crippen LogP contribution in [0.25, 0.3) is 0 Å². The SMILES string of the molecule is NC(=S)c1c(F)cccc1NC(=O)c1ccc(F)c(Cl)c1. The zero-order valence-electron chi connectivity index (χ0n) is 10.5. The lowest BCUT2D eigenvalue weighted by molar-refractivity contribution is 0.102. The summed E-state index contributed by atoms with van der Waals surface area (Å²) in [4.78, 5) is 11.9. The van der Waals surface area contributed by atoms with E-state index in [1.165, 1.54) is 30.3 Å². The lowest BCUT2D eigenvalue weighted by atomic mass is 10.1. The molecule has 3 nitrogen and oxygen atoms in total. The number of rotatable bonds is 3. The second-order valence-corrected chi connectivity index (χ2v) is 4.96. The van der Waals surface area contributed by atoms with Gasteiger partial charge in [-0.2, -0.15) is 0 Å². The zero-order chi connectivity index (χ0) is 15.6. The van der Waals surface area contributed by atoms with Crippen LogP contribution < -0.4 is 11.1 Å². The normalized spacial score (nSPS) is 10.2. The largest absolute Gasteiger partial charge is 0.389 e. The van der Waals surface area contributed by atoms with E-state index in [-0.39, 0.29) is 26.8 Å². The van der Waals surface area contributed by atoms with Crippen LogP contribution in [0.15, 0.2) is 36.4 Å². The molecule has 0 aromatic heterocycles. The van der Waals surface area contributed by atoms with Gasteiger partial charge in [0.1, 0.15) is 16.6 Å². The molecule has 21 heavy (non-hydrogen) atoms. The Hall–Kier alpha value is -2.05. The van der Waals surface area contributed by atoms with Crippen molar-refractivity contribution in [2.75, 3.05) is 5.32 Å². The number of amides is 1. The van der Waals surface area contributed by atoms with Gasteiger partial charge in [-0.1, -0.05) is 29.9 Å². The molecule has 0 bridgehead atoms. The minimum absolute atomic E-state index is 0.0611. The summed E-state index contributed by atoms with van der Waals surface area (Å²) in [5.74, 6) is -1.86. The zero-order valence-corrected chi connectivity index (χ0v) is 12.1. The summed E-state index contributed by atoms with van der Waals surface area (Å²) in [5.41, 5.74) is 5.64. The van der Waals surface area contributed by atoms with Gasteiger partial charge in [0.2, 0.25) is 0 Å². The summed E-state index contributed by atoms with van der Waals surface area (Å²) in [6.45, 7) is 0. The first kappa shape index (κ1) is 15.3. The second kappa shape index (κ2) is 6.15. The molecule has 0 radical (unpaired) electrons. The molecular formula is C14H9ClF2N2OS. The van der Waals surface area contributed by atoms with Gasteiger partial charge in [0.05, 0.1) is 16.3 Å². The van der Waals surface area contributed by atoms with Crippen LogP contribution in [-0.2, 0) is 0 Å². The molecule has 0 heterocycles. The summed E-state index contributed by atoms with van der Waals surface area (Å²) in [5, 5.41) is 2.28. The number of anilines is 1. The topological polar surface area (TPSA) is 55.1 Å². The molecule has 0 unspecified atom stereocenters. The molecule has 3 N–H and O–H groups in total. The Labute approximate surface area is 129 Å². The number of carbonyl (C=O) groups is 1. The van der Waals surface area contributed by atoms with E-state index in [2.05, 4.69) is 5.32 Å². The van der Waals surface area contributed by atoms with Crippen molar-refractivity contribution in [2.45, 2.75) is 0 Å². The third kappa shape index (κ3) is 3.34. The highest BCUT2D eigenvalue weighted by molar-refractivity contribution is 7.80. The molecule has 0 aliphatic heterocycles. The smallest absolute Gasteiger partial charge is 0.255 e. The molecule has 0 aliphatic rings. The summed E-state index contributed by atoms with van der Waals surface area (Å²) < 4.78 is 26.7. The van der Waals surface area contributed by atoms with Gasteiger partial charge in [-0.05, 0) is 30.3 Å². The van der Waals surface area contributed by atoms with Crippen LogP contribution in [0.4, 0.5) is 14.5 Å². The van der Waals surface area contributed by atoms with E-state index in [0.717, 1.165) is 6.07 Å². The van der Waals surface area contributed by atoms with Gasteiger partial charge in [-0.25, -0.2) is 8.78 Å². The van der Waals surface area contributed by atoms with Gasteiger partial charge < -0.3 is 11.1 Å². The molecule has 0 fully saturated rings. The molecular weight excluding hydrogens is 318 g/mol. The minimum Gasteiger partial charge on any atom is -0.389 e. The van der Waals surface area contributed by atoms with Gasteiger partial charge in [-0.15, -0.1) is 0 Å².